The summed E-state index contributed by atoms with van der Waals surface area (Å²) in [5.74, 6) is 0.676. The van der Waals surface area contributed by atoms with Gasteiger partial charge < -0.3 is 15.5 Å². The first-order chi connectivity index (χ1) is 8.31. The summed E-state index contributed by atoms with van der Waals surface area (Å²) in [7, 11) is 0. The van der Waals surface area contributed by atoms with Crippen LogP contribution in [0.4, 0.5) is 5.95 Å². The highest BCUT2D eigenvalue weighted by Gasteiger charge is 2.09. The molecule has 92 valence electrons. The Labute approximate surface area is 99.6 Å². The average Bonchev–Trinajstić information content (AvgIpc) is 2.76. The predicted octanol–water partition coefficient (Wildman–Crippen LogP) is 1.89. The molecule has 0 aliphatic rings. The summed E-state index contributed by atoms with van der Waals surface area (Å²) < 4.78 is 5.60. The summed E-state index contributed by atoms with van der Waals surface area (Å²) in [5, 5.41) is 0. The second-order valence-electron chi connectivity index (χ2n) is 3.90. The SMILES string of the molecule is CCCCCCOc1nc(N)nc2nc[nH]c12. The molecule has 0 amide bonds. The Hall–Kier alpha value is -1.85. The van der Waals surface area contributed by atoms with Crippen LogP contribution in [0.25, 0.3) is 11.2 Å². The molecule has 0 aliphatic heterocycles. The van der Waals surface area contributed by atoms with Crippen LogP contribution in [0, 0.1) is 0 Å². The second kappa shape index (κ2) is 5.47. The zero-order valence-corrected chi connectivity index (χ0v) is 9.94. The van der Waals surface area contributed by atoms with Crippen molar-refractivity contribution in [2.75, 3.05) is 12.3 Å². The Morgan fingerprint density at radius 2 is 2.18 bits per heavy atom. The first-order valence-corrected chi connectivity index (χ1v) is 5.90. The lowest BCUT2D eigenvalue weighted by atomic mass is 10.2. The number of hydrogen-bond donors (Lipinski definition) is 2. The number of rotatable bonds is 6. The van der Waals surface area contributed by atoms with E-state index >= 15 is 0 Å². The Kier molecular flexibility index (Phi) is 3.74. The van der Waals surface area contributed by atoms with Crippen LogP contribution in [0.5, 0.6) is 5.88 Å². The van der Waals surface area contributed by atoms with Crippen molar-refractivity contribution in [3.05, 3.63) is 6.33 Å². The maximum atomic E-state index is 5.60. The standard InChI is InChI=1S/C11H17N5O/c1-2-3-4-5-6-17-10-8-9(14-7-13-8)15-11(12)16-10/h7H,2-6H2,1H3,(H3,12,13,14,15,16). The molecular formula is C11H17N5O. The van der Waals surface area contributed by atoms with E-state index in [4.69, 9.17) is 10.5 Å². The minimum absolute atomic E-state index is 0.188. The second-order valence-corrected chi connectivity index (χ2v) is 3.90. The van der Waals surface area contributed by atoms with E-state index in [9.17, 15) is 0 Å². The summed E-state index contributed by atoms with van der Waals surface area (Å²) in [6.45, 7) is 2.82. The van der Waals surface area contributed by atoms with Crippen LogP contribution in [0.3, 0.4) is 0 Å². The van der Waals surface area contributed by atoms with E-state index in [1.807, 2.05) is 0 Å². The van der Waals surface area contributed by atoms with E-state index in [-0.39, 0.29) is 5.95 Å². The number of nitrogen functional groups attached to an aromatic ring is 1. The maximum absolute atomic E-state index is 5.60. The number of nitrogens with one attached hydrogen (secondary N) is 1. The van der Waals surface area contributed by atoms with Gasteiger partial charge in [-0.25, -0.2) is 4.98 Å². The molecule has 0 saturated heterocycles. The molecule has 0 fully saturated rings. The van der Waals surface area contributed by atoms with Crippen molar-refractivity contribution >= 4 is 17.1 Å². The van der Waals surface area contributed by atoms with Gasteiger partial charge in [0, 0.05) is 0 Å². The number of unbranched alkanes of at least 4 members (excludes halogenated alkanes) is 3. The van der Waals surface area contributed by atoms with Crippen LogP contribution in [0.1, 0.15) is 32.6 Å². The first-order valence-electron chi connectivity index (χ1n) is 5.90. The Bertz CT molecular complexity index is 482. The minimum atomic E-state index is 0.188. The molecule has 0 unspecified atom stereocenters. The van der Waals surface area contributed by atoms with Gasteiger partial charge >= 0.3 is 0 Å². The molecule has 0 saturated carbocycles. The van der Waals surface area contributed by atoms with Crippen molar-refractivity contribution in [1.29, 1.82) is 0 Å². The lowest BCUT2D eigenvalue weighted by molar-refractivity contribution is 0.297. The van der Waals surface area contributed by atoms with Gasteiger partial charge in [0.25, 0.3) is 0 Å². The minimum Gasteiger partial charge on any atom is -0.476 e. The van der Waals surface area contributed by atoms with Gasteiger partial charge in [0.05, 0.1) is 12.9 Å². The number of ether oxygens (including phenoxy) is 1. The predicted molar refractivity (Wildman–Crippen MR) is 65.7 cm³/mol. The number of imidazole rings is 1. The fourth-order valence-electron chi connectivity index (χ4n) is 1.62. The van der Waals surface area contributed by atoms with Gasteiger partial charge in [-0.1, -0.05) is 26.2 Å². The van der Waals surface area contributed by atoms with Gasteiger partial charge in [0.1, 0.15) is 5.52 Å². The van der Waals surface area contributed by atoms with Crippen molar-refractivity contribution in [2.24, 2.45) is 0 Å². The number of aromatic nitrogens is 4. The molecule has 0 atom stereocenters. The monoisotopic (exact) mass is 235 g/mol. The van der Waals surface area contributed by atoms with Crippen molar-refractivity contribution in [3.63, 3.8) is 0 Å². The first kappa shape index (κ1) is 11.6. The third-order valence-electron chi connectivity index (χ3n) is 2.51. The highest BCUT2D eigenvalue weighted by atomic mass is 16.5. The van der Waals surface area contributed by atoms with E-state index < -0.39 is 0 Å². The van der Waals surface area contributed by atoms with Gasteiger partial charge in [0.15, 0.2) is 5.65 Å². The van der Waals surface area contributed by atoms with Gasteiger partial charge in [0.2, 0.25) is 11.8 Å². The van der Waals surface area contributed by atoms with E-state index in [1.165, 1.54) is 19.3 Å². The van der Waals surface area contributed by atoms with E-state index in [0.29, 0.717) is 23.7 Å². The topological polar surface area (TPSA) is 89.7 Å². The molecule has 2 aromatic rings. The van der Waals surface area contributed by atoms with Gasteiger partial charge in [-0.3, -0.25) is 0 Å². The molecule has 0 radical (unpaired) electrons. The lowest BCUT2D eigenvalue weighted by Gasteiger charge is -2.05. The van der Waals surface area contributed by atoms with Gasteiger partial charge in [-0.05, 0) is 6.42 Å². The average molecular weight is 235 g/mol. The number of nitrogens with zero attached hydrogens (tertiary/aromatic N) is 3. The molecule has 2 heterocycles. The molecule has 0 aromatic carbocycles. The Morgan fingerprint density at radius 1 is 1.29 bits per heavy atom. The van der Waals surface area contributed by atoms with Crippen molar-refractivity contribution in [1.82, 2.24) is 19.9 Å². The van der Waals surface area contributed by atoms with E-state index in [0.717, 1.165) is 6.42 Å². The van der Waals surface area contributed by atoms with Crippen molar-refractivity contribution in [2.45, 2.75) is 32.6 Å². The zero-order chi connectivity index (χ0) is 12.1. The normalized spacial score (nSPS) is 10.9. The highest BCUT2D eigenvalue weighted by Crippen LogP contribution is 2.19. The molecule has 2 aromatic heterocycles. The molecule has 0 spiro atoms. The summed E-state index contributed by atoms with van der Waals surface area (Å²) in [6, 6.07) is 0. The molecule has 3 N–H and O–H groups in total. The van der Waals surface area contributed by atoms with Crippen LogP contribution in [-0.4, -0.2) is 26.5 Å². The quantitative estimate of drug-likeness (QED) is 0.746. The summed E-state index contributed by atoms with van der Waals surface area (Å²) in [6.07, 6.45) is 6.19. The molecule has 0 bridgehead atoms. The van der Waals surface area contributed by atoms with Gasteiger partial charge in [-0.2, -0.15) is 9.97 Å². The van der Waals surface area contributed by atoms with Crippen LogP contribution in [0.2, 0.25) is 0 Å². The number of H-pyrrole nitrogens is 1. The van der Waals surface area contributed by atoms with Crippen molar-refractivity contribution in [3.8, 4) is 5.88 Å². The zero-order valence-electron chi connectivity index (χ0n) is 9.94. The van der Waals surface area contributed by atoms with Gasteiger partial charge in [-0.15, -0.1) is 0 Å². The third kappa shape index (κ3) is 2.83. The molecule has 6 heteroatoms. The number of hydrogen-bond acceptors (Lipinski definition) is 5. The molecule has 6 nitrogen and oxygen atoms in total. The molecule has 17 heavy (non-hydrogen) atoms. The number of fused-ring (bicyclic) bond motifs is 1. The largest absolute Gasteiger partial charge is 0.476 e. The molecule has 2 rings (SSSR count). The van der Waals surface area contributed by atoms with Crippen LogP contribution < -0.4 is 10.5 Å². The van der Waals surface area contributed by atoms with Crippen LogP contribution in [0.15, 0.2) is 6.33 Å². The number of nitrogens with two attached hydrogens (primary N) is 1. The Morgan fingerprint density at radius 3 is 3.00 bits per heavy atom. The summed E-state index contributed by atoms with van der Waals surface area (Å²) in [4.78, 5) is 15.0. The maximum Gasteiger partial charge on any atom is 0.245 e. The number of aromatic amines is 1. The van der Waals surface area contributed by atoms with Crippen LogP contribution in [-0.2, 0) is 0 Å². The fourth-order valence-corrected chi connectivity index (χ4v) is 1.62. The van der Waals surface area contributed by atoms with Crippen LogP contribution >= 0.6 is 0 Å². The summed E-state index contributed by atoms with van der Waals surface area (Å²) in [5.41, 5.74) is 6.83. The molecular weight excluding hydrogens is 218 g/mol. The third-order valence-corrected chi connectivity index (χ3v) is 2.51. The summed E-state index contributed by atoms with van der Waals surface area (Å²) >= 11 is 0. The smallest absolute Gasteiger partial charge is 0.245 e. The van der Waals surface area contributed by atoms with E-state index in [2.05, 4.69) is 26.9 Å². The fraction of sp³-hybridized carbons (Fsp3) is 0.545. The van der Waals surface area contributed by atoms with Crippen molar-refractivity contribution < 1.29 is 4.74 Å². The molecule has 0 aliphatic carbocycles. The Balaban J connectivity index is 2.00. The highest BCUT2D eigenvalue weighted by molar-refractivity contribution is 5.76. The lowest BCUT2D eigenvalue weighted by Crippen LogP contribution is -2.03. The van der Waals surface area contributed by atoms with E-state index in [1.54, 1.807) is 6.33 Å². The number of anilines is 1.